The molecule has 0 spiro atoms. The van der Waals surface area contributed by atoms with Gasteiger partial charge < -0.3 is 14.8 Å². The maximum atomic E-state index is 6.15. The Hall–Kier alpha value is -0.610. The van der Waals surface area contributed by atoms with E-state index >= 15 is 0 Å². The van der Waals surface area contributed by atoms with Crippen molar-refractivity contribution in [3.8, 4) is 0 Å². The highest BCUT2D eigenvalue weighted by Crippen LogP contribution is 2.45. The second-order valence-corrected chi connectivity index (χ2v) is 6.60. The Balaban J connectivity index is 2.12. The molecule has 0 saturated carbocycles. The van der Waals surface area contributed by atoms with E-state index in [0.29, 0.717) is 12.6 Å². The maximum absolute atomic E-state index is 6.15. The summed E-state index contributed by atoms with van der Waals surface area (Å²) in [5.74, 6) is 0. The first-order chi connectivity index (χ1) is 9.47. The summed E-state index contributed by atoms with van der Waals surface area (Å²) in [4.78, 5) is 0. The van der Waals surface area contributed by atoms with E-state index in [9.17, 15) is 0 Å². The first kappa shape index (κ1) is 15.8. The number of nitrogens with one attached hydrogen (secondary N) is 1. The summed E-state index contributed by atoms with van der Waals surface area (Å²) in [7, 11) is 3.41. The molecule has 0 aromatic heterocycles. The van der Waals surface area contributed by atoms with Gasteiger partial charge in [-0.25, -0.2) is 0 Å². The molecule has 0 heterocycles. The molecule has 1 aliphatic carbocycles. The molecule has 0 bridgehead atoms. The van der Waals surface area contributed by atoms with Gasteiger partial charge in [-0.05, 0) is 35.1 Å². The number of methoxy groups -OCH3 is 2. The van der Waals surface area contributed by atoms with Gasteiger partial charge in [0.2, 0.25) is 0 Å². The van der Waals surface area contributed by atoms with Crippen LogP contribution in [-0.4, -0.2) is 33.5 Å². The van der Waals surface area contributed by atoms with Crippen LogP contribution in [0.4, 0.5) is 0 Å². The zero-order chi connectivity index (χ0) is 14.8. The Bertz CT molecular complexity index is 462. The van der Waals surface area contributed by atoms with Crippen molar-refractivity contribution in [3.63, 3.8) is 0 Å². The average Bonchev–Trinajstić information content (AvgIpc) is 2.64. The van der Waals surface area contributed by atoms with Gasteiger partial charge in [0.1, 0.15) is 0 Å². The third-order valence-electron chi connectivity index (χ3n) is 4.08. The molecule has 2 atom stereocenters. The van der Waals surface area contributed by atoms with Crippen molar-refractivity contribution < 1.29 is 9.47 Å². The Morgan fingerprint density at radius 3 is 2.80 bits per heavy atom. The topological polar surface area (TPSA) is 30.5 Å². The van der Waals surface area contributed by atoms with E-state index in [2.05, 4.69) is 31.3 Å². The third-order valence-corrected chi connectivity index (χ3v) is 4.32. The van der Waals surface area contributed by atoms with Crippen molar-refractivity contribution in [2.75, 3.05) is 27.4 Å². The summed E-state index contributed by atoms with van der Waals surface area (Å²) in [6.07, 6.45) is 1.14. The van der Waals surface area contributed by atoms with Gasteiger partial charge in [-0.15, -0.1) is 0 Å². The molecule has 0 aliphatic heterocycles. The van der Waals surface area contributed by atoms with Crippen molar-refractivity contribution in [3.05, 3.63) is 34.3 Å². The molecule has 1 aromatic rings. The van der Waals surface area contributed by atoms with E-state index in [0.717, 1.165) is 18.0 Å². The van der Waals surface area contributed by atoms with Crippen molar-refractivity contribution in [1.29, 1.82) is 0 Å². The number of hydrogen-bond donors (Lipinski definition) is 1. The van der Waals surface area contributed by atoms with E-state index in [4.69, 9.17) is 21.1 Å². The van der Waals surface area contributed by atoms with Crippen LogP contribution >= 0.6 is 11.6 Å². The predicted octanol–water partition coefficient (Wildman–Crippen LogP) is 3.21. The van der Waals surface area contributed by atoms with Crippen LogP contribution in [-0.2, 0) is 15.9 Å². The normalized spacial score (nSPS) is 21.8. The Labute approximate surface area is 126 Å². The standard InChI is InChI=1S/C16H24ClNO2/c1-16(2)8-11-5-6-12(17)7-14(11)15(16)18-9-13(20-4)10-19-3/h5-7,13,15,18H,8-10H2,1-4H3. The SMILES string of the molecule is COCC(CNC1c2cc(Cl)ccc2CC1(C)C)OC. The Kier molecular flexibility index (Phi) is 5.08. The zero-order valence-electron chi connectivity index (χ0n) is 12.7. The zero-order valence-corrected chi connectivity index (χ0v) is 13.5. The van der Waals surface area contributed by atoms with Crippen LogP contribution in [0.25, 0.3) is 0 Å². The van der Waals surface area contributed by atoms with Crippen molar-refractivity contribution >= 4 is 11.6 Å². The van der Waals surface area contributed by atoms with Crippen LogP contribution in [0, 0.1) is 5.41 Å². The molecule has 0 radical (unpaired) electrons. The van der Waals surface area contributed by atoms with Crippen LogP contribution in [0.5, 0.6) is 0 Å². The average molecular weight is 298 g/mol. The lowest BCUT2D eigenvalue weighted by Gasteiger charge is -2.30. The molecule has 1 aliphatic rings. The Morgan fingerprint density at radius 2 is 2.15 bits per heavy atom. The fraction of sp³-hybridized carbons (Fsp3) is 0.625. The van der Waals surface area contributed by atoms with Crippen molar-refractivity contribution in [1.82, 2.24) is 5.32 Å². The molecule has 2 unspecified atom stereocenters. The minimum absolute atomic E-state index is 0.0686. The second kappa shape index (κ2) is 6.44. The lowest BCUT2D eigenvalue weighted by Crippen LogP contribution is -2.38. The number of hydrogen-bond acceptors (Lipinski definition) is 3. The minimum atomic E-state index is 0.0686. The summed E-state index contributed by atoms with van der Waals surface area (Å²) >= 11 is 6.15. The highest BCUT2D eigenvalue weighted by Gasteiger charge is 2.38. The molecular formula is C16H24ClNO2. The van der Waals surface area contributed by atoms with E-state index < -0.39 is 0 Å². The maximum Gasteiger partial charge on any atom is 0.0928 e. The van der Waals surface area contributed by atoms with Crippen molar-refractivity contribution in [2.24, 2.45) is 5.41 Å². The number of fused-ring (bicyclic) bond motifs is 1. The van der Waals surface area contributed by atoms with Crippen LogP contribution in [0.2, 0.25) is 5.02 Å². The highest BCUT2D eigenvalue weighted by atomic mass is 35.5. The lowest BCUT2D eigenvalue weighted by atomic mass is 9.85. The van der Waals surface area contributed by atoms with E-state index in [1.165, 1.54) is 11.1 Å². The predicted molar refractivity (Wildman–Crippen MR) is 82.4 cm³/mol. The highest BCUT2D eigenvalue weighted by molar-refractivity contribution is 6.30. The Morgan fingerprint density at radius 1 is 1.40 bits per heavy atom. The van der Waals surface area contributed by atoms with Gasteiger partial charge in [0, 0.05) is 31.8 Å². The van der Waals surface area contributed by atoms with Gasteiger partial charge in [0.05, 0.1) is 12.7 Å². The molecule has 1 N–H and O–H groups in total. The van der Waals surface area contributed by atoms with Crippen LogP contribution in [0.15, 0.2) is 18.2 Å². The van der Waals surface area contributed by atoms with Crippen molar-refractivity contribution in [2.45, 2.75) is 32.4 Å². The monoisotopic (exact) mass is 297 g/mol. The first-order valence-electron chi connectivity index (χ1n) is 7.01. The minimum Gasteiger partial charge on any atom is -0.382 e. The van der Waals surface area contributed by atoms with Gasteiger partial charge in [-0.1, -0.05) is 31.5 Å². The van der Waals surface area contributed by atoms with Gasteiger partial charge in [-0.3, -0.25) is 0 Å². The molecule has 2 rings (SSSR count). The molecule has 3 nitrogen and oxygen atoms in total. The quantitative estimate of drug-likeness (QED) is 0.874. The fourth-order valence-corrected chi connectivity index (χ4v) is 3.22. The molecular weight excluding hydrogens is 274 g/mol. The molecule has 0 amide bonds. The van der Waals surface area contributed by atoms with E-state index in [-0.39, 0.29) is 11.5 Å². The number of ether oxygens (including phenoxy) is 2. The van der Waals surface area contributed by atoms with Gasteiger partial charge in [-0.2, -0.15) is 0 Å². The molecule has 4 heteroatoms. The van der Waals surface area contributed by atoms with Crippen LogP contribution < -0.4 is 5.32 Å². The molecule has 112 valence electrons. The molecule has 0 fully saturated rings. The lowest BCUT2D eigenvalue weighted by molar-refractivity contribution is 0.0248. The number of rotatable bonds is 6. The molecule has 1 aromatic carbocycles. The number of halogens is 1. The van der Waals surface area contributed by atoms with Crippen LogP contribution in [0.3, 0.4) is 0 Å². The summed E-state index contributed by atoms with van der Waals surface area (Å²) in [5.41, 5.74) is 2.88. The molecule has 0 saturated heterocycles. The third kappa shape index (κ3) is 3.34. The van der Waals surface area contributed by atoms with Gasteiger partial charge in [0.25, 0.3) is 0 Å². The first-order valence-corrected chi connectivity index (χ1v) is 7.39. The second-order valence-electron chi connectivity index (χ2n) is 6.16. The van der Waals surface area contributed by atoms with E-state index in [1.807, 2.05) is 6.07 Å². The number of benzene rings is 1. The summed E-state index contributed by atoms with van der Waals surface area (Å²) in [5, 5.41) is 4.43. The molecule has 20 heavy (non-hydrogen) atoms. The van der Waals surface area contributed by atoms with Gasteiger partial charge in [0.15, 0.2) is 0 Å². The van der Waals surface area contributed by atoms with E-state index in [1.54, 1.807) is 14.2 Å². The fourth-order valence-electron chi connectivity index (χ4n) is 3.04. The summed E-state index contributed by atoms with van der Waals surface area (Å²) < 4.78 is 10.6. The summed E-state index contributed by atoms with van der Waals surface area (Å²) in [6, 6.07) is 6.50. The largest absolute Gasteiger partial charge is 0.382 e. The van der Waals surface area contributed by atoms with Crippen LogP contribution in [0.1, 0.15) is 31.0 Å². The summed E-state index contributed by atoms with van der Waals surface area (Å²) in [6.45, 7) is 5.94. The van der Waals surface area contributed by atoms with Gasteiger partial charge >= 0.3 is 0 Å². The smallest absolute Gasteiger partial charge is 0.0928 e.